The smallest absolute Gasteiger partial charge is 0.332 e. The third kappa shape index (κ3) is 19.3. The van der Waals surface area contributed by atoms with Crippen molar-refractivity contribution in [2.24, 2.45) is 11.8 Å². The van der Waals surface area contributed by atoms with Gasteiger partial charge in [0, 0.05) is 63.0 Å². The molecule has 1 aromatic carbocycles. The van der Waals surface area contributed by atoms with Gasteiger partial charge in [0.05, 0.1) is 70.4 Å². The van der Waals surface area contributed by atoms with Gasteiger partial charge >= 0.3 is 18.0 Å². The monoisotopic (exact) mass is 993 g/mol. The number of unbranched alkanes of at least 4 members (excludes halogenated alkanes) is 1. The maximum atomic E-state index is 13.5. The first-order valence-corrected chi connectivity index (χ1v) is 25.5. The van der Waals surface area contributed by atoms with Gasteiger partial charge in [-0.25, -0.2) is 9.59 Å². The number of urea groups is 1. The van der Waals surface area contributed by atoms with E-state index in [1.807, 2.05) is 68.1 Å². The Morgan fingerprint density at radius 1 is 0.826 bits per heavy atom. The van der Waals surface area contributed by atoms with Crippen LogP contribution in [0.5, 0.6) is 0 Å². The van der Waals surface area contributed by atoms with Gasteiger partial charge in [-0.15, -0.1) is 0 Å². The molecule has 388 valence electrons. The summed E-state index contributed by atoms with van der Waals surface area (Å²) in [6.07, 6.45) is 6.78. The van der Waals surface area contributed by atoms with Crippen molar-refractivity contribution in [1.82, 2.24) is 21.3 Å². The number of esters is 2. The lowest BCUT2D eigenvalue weighted by Gasteiger charge is -2.46. The largest absolute Gasteiger partial charge is 0.460 e. The number of thioether (sulfide) groups is 1. The molecule has 4 aliphatic heterocycles. The van der Waals surface area contributed by atoms with Crippen LogP contribution in [-0.2, 0) is 61.8 Å². The summed E-state index contributed by atoms with van der Waals surface area (Å²) >= 11 is 1.87. The van der Waals surface area contributed by atoms with Crippen LogP contribution in [0.15, 0.2) is 42.5 Å². The number of hydrogen-bond acceptors (Lipinski definition) is 16. The van der Waals surface area contributed by atoms with Crippen molar-refractivity contribution in [3.8, 4) is 0 Å². The van der Waals surface area contributed by atoms with E-state index in [4.69, 9.17) is 42.6 Å². The molecule has 0 aromatic heterocycles. The number of fused-ring (bicyclic) bond motifs is 3. The molecule has 5 N–H and O–H groups in total. The van der Waals surface area contributed by atoms with E-state index < -0.39 is 42.5 Å². The average molecular weight is 993 g/mol. The summed E-state index contributed by atoms with van der Waals surface area (Å²) < 4.78 is 51.7. The number of rotatable bonds is 25. The Labute approximate surface area is 410 Å². The van der Waals surface area contributed by atoms with Crippen molar-refractivity contribution in [3.63, 3.8) is 0 Å². The normalized spacial score (nSPS) is 30.0. The summed E-state index contributed by atoms with van der Waals surface area (Å²) in [5, 5.41) is 23.7. The van der Waals surface area contributed by atoms with Gasteiger partial charge in [0.25, 0.3) is 0 Å². The van der Waals surface area contributed by atoms with Crippen LogP contribution in [0.3, 0.4) is 0 Å². The molecule has 0 radical (unpaired) electrons. The lowest BCUT2D eigenvalue weighted by atomic mass is 9.81. The summed E-state index contributed by atoms with van der Waals surface area (Å²) in [4.78, 5) is 62.4. The number of aliphatic hydroxyl groups is 1. The Bertz CT molecular complexity index is 1760. The van der Waals surface area contributed by atoms with Crippen molar-refractivity contribution < 1.29 is 71.7 Å². The number of carbonyl (C=O) groups is 5. The molecule has 2 bridgehead atoms. The van der Waals surface area contributed by atoms with Crippen LogP contribution in [0.1, 0.15) is 89.7 Å². The Morgan fingerprint density at radius 2 is 1.52 bits per heavy atom. The van der Waals surface area contributed by atoms with E-state index in [1.54, 1.807) is 14.2 Å². The highest BCUT2D eigenvalue weighted by Crippen LogP contribution is 2.40. The van der Waals surface area contributed by atoms with Gasteiger partial charge in [0.2, 0.25) is 11.8 Å². The third-order valence-corrected chi connectivity index (χ3v) is 14.3. The van der Waals surface area contributed by atoms with Crippen LogP contribution < -0.4 is 21.3 Å². The van der Waals surface area contributed by atoms with E-state index in [0.717, 1.165) is 49.8 Å². The number of carbonyl (C=O) groups excluding carboxylic acids is 5. The second kappa shape index (κ2) is 30.1. The van der Waals surface area contributed by atoms with Crippen LogP contribution in [-0.4, -0.2) is 168 Å². The van der Waals surface area contributed by atoms with E-state index in [9.17, 15) is 29.1 Å². The molecule has 8 unspecified atom stereocenters. The zero-order valence-corrected chi connectivity index (χ0v) is 41.6. The second-order valence-corrected chi connectivity index (χ2v) is 19.4. The molecule has 3 saturated heterocycles. The van der Waals surface area contributed by atoms with E-state index in [2.05, 4.69) is 21.3 Å². The lowest BCUT2D eigenvalue weighted by molar-refractivity contribution is -0.297. The van der Waals surface area contributed by atoms with Crippen molar-refractivity contribution in [2.45, 2.75) is 132 Å². The van der Waals surface area contributed by atoms with Crippen LogP contribution in [0.2, 0.25) is 0 Å². The van der Waals surface area contributed by atoms with Crippen molar-refractivity contribution in [2.75, 3.05) is 85.9 Å². The Hall–Kier alpha value is -3.86. The average Bonchev–Trinajstić information content (AvgIpc) is 3.89. The molecule has 1 aromatic rings. The molecule has 20 heteroatoms. The minimum absolute atomic E-state index is 0.0218. The summed E-state index contributed by atoms with van der Waals surface area (Å²) in [6, 6.07) is 9.80. The third-order valence-electron chi connectivity index (χ3n) is 12.8. The first-order chi connectivity index (χ1) is 33.4. The van der Waals surface area contributed by atoms with Crippen molar-refractivity contribution in [1.29, 1.82) is 0 Å². The molecule has 3 fully saturated rings. The molecule has 5 rings (SSSR count). The van der Waals surface area contributed by atoms with Crippen LogP contribution in [0, 0.1) is 11.8 Å². The maximum absolute atomic E-state index is 13.5. The van der Waals surface area contributed by atoms with Crippen molar-refractivity contribution >= 4 is 41.5 Å². The summed E-state index contributed by atoms with van der Waals surface area (Å²) in [5.41, 5.74) is 0.849. The molecule has 4 aliphatic rings. The number of nitrogens with one attached hydrogen (secondary N) is 4. The molecule has 0 spiro atoms. The minimum atomic E-state index is -1.97. The molecule has 4 heterocycles. The van der Waals surface area contributed by atoms with Crippen LogP contribution in [0.25, 0.3) is 0 Å². The van der Waals surface area contributed by atoms with Gasteiger partial charge in [0.15, 0.2) is 5.79 Å². The fourth-order valence-electron chi connectivity index (χ4n) is 9.10. The van der Waals surface area contributed by atoms with E-state index in [1.165, 1.54) is 0 Å². The summed E-state index contributed by atoms with van der Waals surface area (Å²) in [5.74, 6) is -3.31. The number of hydrogen-bond donors (Lipinski definition) is 5. The van der Waals surface area contributed by atoms with Crippen LogP contribution in [0.4, 0.5) is 4.79 Å². The van der Waals surface area contributed by atoms with Gasteiger partial charge in [0.1, 0.15) is 31.5 Å². The summed E-state index contributed by atoms with van der Waals surface area (Å²) in [6.45, 7) is 5.23. The summed E-state index contributed by atoms with van der Waals surface area (Å²) in [7, 11) is 3.29. The van der Waals surface area contributed by atoms with E-state index in [0.29, 0.717) is 31.2 Å². The van der Waals surface area contributed by atoms with E-state index >= 15 is 0 Å². The molecule has 4 amide bonds. The van der Waals surface area contributed by atoms with Gasteiger partial charge in [-0.1, -0.05) is 69.2 Å². The molecule has 19 nitrogen and oxygen atoms in total. The standard InChI is InChI=1S/C49H76N4O15S/c1-33-18-19-39(61-4)38(60-3)15-9-8-14-37(35-12-6-5-7-13-35)66-44(56)29-49(59)28-40(34(2)47(33)68-49)67-45(57)31-65-27-25-63-23-21-51-43(55)30-64-26-24-62-22-20-50-42(54)17-11-10-16-41-46-36(32-69-41)52-48(58)53-46/h5-7,12-13,18-19,33-34,36-41,46-47,59H,8-11,14-17,20-32H2,1-4H3,(H,50,54)(H,51,55)(H2,52,53,58)/b19-18+/t33?,34?,36-,37?,38?,39?,40?,41-,46-,47?,49?/m0/s1. The number of cyclic esters (lactones) is 1. The van der Waals surface area contributed by atoms with Crippen molar-refractivity contribution in [3.05, 3.63) is 48.0 Å². The minimum Gasteiger partial charge on any atom is -0.460 e. The molecule has 0 aliphatic carbocycles. The molecular weight excluding hydrogens is 917 g/mol. The quantitative estimate of drug-likeness (QED) is 0.0408. The Balaban J connectivity index is 0.924. The van der Waals surface area contributed by atoms with Gasteiger partial charge in [-0.2, -0.15) is 11.8 Å². The van der Waals surface area contributed by atoms with E-state index in [-0.39, 0.29) is 113 Å². The van der Waals surface area contributed by atoms with Gasteiger partial charge < -0.3 is 69.0 Å². The highest BCUT2D eigenvalue weighted by molar-refractivity contribution is 8.00. The Morgan fingerprint density at radius 3 is 2.25 bits per heavy atom. The number of ether oxygens (including phenoxy) is 9. The maximum Gasteiger partial charge on any atom is 0.332 e. The topological polar surface area (TPSA) is 237 Å². The zero-order valence-electron chi connectivity index (χ0n) is 40.7. The van der Waals surface area contributed by atoms with Gasteiger partial charge in [-0.05, 0) is 37.7 Å². The predicted molar refractivity (Wildman–Crippen MR) is 255 cm³/mol. The fourth-order valence-corrected chi connectivity index (χ4v) is 10.6. The molecule has 11 atom stereocenters. The SMILES string of the molecule is COC1/C=C/C(C)C2OC(O)(CC(=O)OC(c3ccccc3)CCCCC1OC)CC(OC(=O)COCCOCCNC(=O)COCCOCCNC(=O)CCCC[C@@H]1SC[C@@H]3NC(=O)N[C@@H]31)C2C. The number of amides is 4. The zero-order chi connectivity index (χ0) is 49.4. The fraction of sp³-hybridized carbons (Fsp3) is 0.735. The van der Waals surface area contributed by atoms with Crippen LogP contribution >= 0.6 is 11.8 Å². The second-order valence-electron chi connectivity index (χ2n) is 18.1. The molecular formula is C49H76N4O15S. The Kier molecular flexibility index (Phi) is 24.5. The highest BCUT2D eigenvalue weighted by atomic mass is 32.2. The molecule has 0 saturated carbocycles. The first-order valence-electron chi connectivity index (χ1n) is 24.5. The number of methoxy groups -OCH3 is 2. The predicted octanol–water partition coefficient (Wildman–Crippen LogP) is 3.51. The highest BCUT2D eigenvalue weighted by Gasteiger charge is 2.49. The van der Waals surface area contributed by atoms with Gasteiger partial charge in [-0.3, -0.25) is 14.4 Å². The first kappa shape index (κ1) is 56.1. The number of benzene rings is 1. The lowest BCUT2D eigenvalue weighted by Crippen LogP contribution is -2.55. The molecule has 69 heavy (non-hydrogen) atoms.